The summed E-state index contributed by atoms with van der Waals surface area (Å²) in [6.45, 7) is 1.15. The van der Waals surface area contributed by atoms with Crippen LogP contribution < -0.4 is 5.32 Å². The van der Waals surface area contributed by atoms with E-state index in [0.717, 1.165) is 10.6 Å². The zero-order valence-corrected chi connectivity index (χ0v) is 14.0. The van der Waals surface area contributed by atoms with Crippen LogP contribution in [0.1, 0.15) is 10.6 Å². The van der Waals surface area contributed by atoms with Gasteiger partial charge in [0.25, 0.3) is 0 Å². The maximum Gasteiger partial charge on any atom is 0.249 e. The van der Waals surface area contributed by atoms with Crippen molar-refractivity contribution in [3.63, 3.8) is 0 Å². The smallest absolute Gasteiger partial charge is 0.249 e. The molecule has 1 aromatic heterocycles. The Labute approximate surface area is 144 Å². The number of benzene rings is 1. The summed E-state index contributed by atoms with van der Waals surface area (Å²) in [4.78, 5) is 30.4. The lowest BCUT2D eigenvalue weighted by Gasteiger charge is -2.34. The van der Waals surface area contributed by atoms with E-state index in [1.165, 1.54) is 0 Å². The van der Waals surface area contributed by atoms with Gasteiger partial charge in [-0.15, -0.1) is 11.3 Å². The minimum atomic E-state index is -0.595. The van der Waals surface area contributed by atoms with Gasteiger partial charge in [0, 0.05) is 31.1 Å². The third kappa shape index (κ3) is 4.18. The monoisotopic (exact) mass is 345 g/mol. The van der Waals surface area contributed by atoms with E-state index in [-0.39, 0.29) is 25.0 Å². The van der Waals surface area contributed by atoms with Crippen LogP contribution in [0.25, 0.3) is 0 Å². The second kappa shape index (κ2) is 8.03. The topological polar surface area (TPSA) is 71.5 Å². The van der Waals surface area contributed by atoms with E-state index in [1.807, 2.05) is 35.7 Å². The van der Waals surface area contributed by atoms with Crippen LogP contribution in [-0.2, 0) is 27.3 Å². The van der Waals surface area contributed by atoms with Gasteiger partial charge in [0.1, 0.15) is 12.6 Å². The SMILES string of the molecule is O=C(NCCc1nccs1)[C@H]1COCC(=O)N1Cc1ccccc1. The number of amides is 2. The zero-order valence-electron chi connectivity index (χ0n) is 13.2. The van der Waals surface area contributed by atoms with Crippen LogP contribution in [0.4, 0.5) is 0 Å². The molecule has 1 aliphatic heterocycles. The Morgan fingerprint density at radius 2 is 2.21 bits per heavy atom. The Bertz CT molecular complexity index is 676. The van der Waals surface area contributed by atoms with Gasteiger partial charge in [-0.1, -0.05) is 30.3 Å². The first-order valence-corrected chi connectivity index (χ1v) is 8.69. The first-order valence-electron chi connectivity index (χ1n) is 7.81. The van der Waals surface area contributed by atoms with E-state index in [4.69, 9.17) is 4.74 Å². The number of hydrogen-bond acceptors (Lipinski definition) is 5. The molecular formula is C17H19N3O3S. The Balaban J connectivity index is 1.60. The molecule has 3 rings (SSSR count). The van der Waals surface area contributed by atoms with E-state index < -0.39 is 6.04 Å². The fraction of sp³-hybridized carbons (Fsp3) is 0.353. The van der Waals surface area contributed by atoms with Crippen molar-refractivity contribution < 1.29 is 14.3 Å². The van der Waals surface area contributed by atoms with Crippen molar-refractivity contribution in [3.05, 3.63) is 52.5 Å². The van der Waals surface area contributed by atoms with E-state index >= 15 is 0 Å². The van der Waals surface area contributed by atoms with E-state index in [2.05, 4.69) is 10.3 Å². The van der Waals surface area contributed by atoms with Crippen molar-refractivity contribution in [1.82, 2.24) is 15.2 Å². The van der Waals surface area contributed by atoms with Gasteiger partial charge in [-0.05, 0) is 5.56 Å². The maximum atomic E-state index is 12.5. The average Bonchev–Trinajstić information content (AvgIpc) is 3.11. The van der Waals surface area contributed by atoms with Gasteiger partial charge in [-0.25, -0.2) is 4.98 Å². The lowest BCUT2D eigenvalue weighted by molar-refractivity contribution is -0.155. The highest BCUT2D eigenvalue weighted by Crippen LogP contribution is 2.14. The van der Waals surface area contributed by atoms with Crippen LogP contribution >= 0.6 is 11.3 Å². The summed E-state index contributed by atoms with van der Waals surface area (Å²) >= 11 is 1.56. The van der Waals surface area contributed by atoms with Crippen molar-refractivity contribution >= 4 is 23.2 Å². The molecule has 7 heteroatoms. The molecule has 2 aromatic rings. The second-order valence-corrected chi connectivity index (χ2v) is 6.48. The number of carbonyl (C=O) groups excluding carboxylic acids is 2. The second-order valence-electron chi connectivity index (χ2n) is 5.51. The van der Waals surface area contributed by atoms with Crippen LogP contribution in [0.15, 0.2) is 41.9 Å². The molecule has 6 nitrogen and oxygen atoms in total. The van der Waals surface area contributed by atoms with Crippen LogP contribution in [0.3, 0.4) is 0 Å². The number of nitrogens with zero attached hydrogens (tertiary/aromatic N) is 2. The fourth-order valence-corrected chi connectivity index (χ4v) is 3.21. The third-order valence-corrected chi connectivity index (χ3v) is 4.66. The summed E-state index contributed by atoms with van der Waals surface area (Å²) in [7, 11) is 0. The van der Waals surface area contributed by atoms with Gasteiger partial charge in [-0.3, -0.25) is 9.59 Å². The Hall–Kier alpha value is -2.25. The highest BCUT2D eigenvalue weighted by Gasteiger charge is 2.33. The van der Waals surface area contributed by atoms with Gasteiger partial charge >= 0.3 is 0 Å². The molecule has 126 valence electrons. The molecular weight excluding hydrogens is 326 g/mol. The number of thiazole rings is 1. The molecule has 1 fully saturated rings. The van der Waals surface area contributed by atoms with E-state index in [9.17, 15) is 9.59 Å². The Kier molecular flexibility index (Phi) is 5.55. The summed E-state index contributed by atoms with van der Waals surface area (Å²) in [6.07, 6.45) is 2.43. The highest BCUT2D eigenvalue weighted by molar-refractivity contribution is 7.09. The van der Waals surface area contributed by atoms with Gasteiger partial charge in [0.2, 0.25) is 11.8 Å². The molecule has 0 bridgehead atoms. The van der Waals surface area contributed by atoms with Crippen LogP contribution in [0, 0.1) is 0 Å². The quantitative estimate of drug-likeness (QED) is 0.855. The average molecular weight is 345 g/mol. The zero-order chi connectivity index (χ0) is 16.8. The molecule has 0 unspecified atom stereocenters. The van der Waals surface area contributed by atoms with Gasteiger partial charge < -0.3 is 15.0 Å². The van der Waals surface area contributed by atoms with Crippen molar-refractivity contribution in [2.24, 2.45) is 0 Å². The van der Waals surface area contributed by atoms with Crippen molar-refractivity contribution in [1.29, 1.82) is 0 Å². The molecule has 1 saturated heterocycles. The molecule has 24 heavy (non-hydrogen) atoms. The normalized spacial score (nSPS) is 17.8. The molecule has 0 radical (unpaired) electrons. The molecule has 2 amide bonds. The minimum absolute atomic E-state index is 0.0235. The summed E-state index contributed by atoms with van der Waals surface area (Å²) < 4.78 is 5.27. The summed E-state index contributed by atoms with van der Waals surface area (Å²) in [6, 6.07) is 9.06. The number of rotatable bonds is 6. The van der Waals surface area contributed by atoms with Gasteiger partial charge in [0.05, 0.1) is 11.6 Å². The van der Waals surface area contributed by atoms with Crippen molar-refractivity contribution in [3.8, 4) is 0 Å². The van der Waals surface area contributed by atoms with Crippen LogP contribution in [0.5, 0.6) is 0 Å². The first kappa shape index (κ1) is 16.6. The predicted molar refractivity (Wildman–Crippen MR) is 90.4 cm³/mol. The lowest BCUT2D eigenvalue weighted by Crippen LogP contribution is -2.56. The molecule has 1 atom stereocenters. The Morgan fingerprint density at radius 1 is 1.38 bits per heavy atom. The third-order valence-electron chi connectivity index (χ3n) is 3.82. The minimum Gasteiger partial charge on any atom is -0.369 e. The maximum absolute atomic E-state index is 12.5. The summed E-state index contributed by atoms with van der Waals surface area (Å²) in [5, 5.41) is 5.77. The summed E-state index contributed by atoms with van der Waals surface area (Å²) in [5.74, 6) is -0.347. The molecule has 2 heterocycles. The van der Waals surface area contributed by atoms with Crippen molar-refractivity contribution in [2.45, 2.75) is 19.0 Å². The van der Waals surface area contributed by atoms with Gasteiger partial charge in [0.15, 0.2) is 0 Å². The number of aromatic nitrogens is 1. The number of morpholine rings is 1. The molecule has 1 aliphatic rings. The first-order chi connectivity index (χ1) is 11.7. The number of ether oxygens (including phenoxy) is 1. The molecule has 0 aliphatic carbocycles. The van der Waals surface area contributed by atoms with Crippen LogP contribution in [-0.4, -0.2) is 47.5 Å². The predicted octanol–water partition coefficient (Wildman–Crippen LogP) is 1.23. The van der Waals surface area contributed by atoms with Crippen LogP contribution in [0.2, 0.25) is 0 Å². The summed E-state index contributed by atoms with van der Waals surface area (Å²) in [5.41, 5.74) is 0.994. The van der Waals surface area contributed by atoms with Gasteiger partial charge in [-0.2, -0.15) is 0 Å². The number of hydrogen-bond donors (Lipinski definition) is 1. The van der Waals surface area contributed by atoms with Crippen molar-refractivity contribution in [2.75, 3.05) is 19.8 Å². The number of carbonyl (C=O) groups is 2. The van der Waals surface area contributed by atoms with E-state index in [1.54, 1.807) is 22.4 Å². The van der Waals surface area contributed by atoms with E-state index in [0.29, 0.717) is 19.5 Å². The highest BCUT2D eigenvalue weighted by atomic mass is 32.1. The molecule has 0 spiro atoms. The number of nitrogens with one attached hydrogen (secondary N) is 1. The lowest BCUT2D eigenvalue weighted by atomic mass is 10.1. The molecule has 0 saturated carbocycles. The Morgan fingerprint density at radius 3 is 2.96 bits per heavy atom. The standard InChI is InChI=1S/C17H19N3O3S/c21-16-12-23-11-14(20(16)10-13-4-2-1-3-5-13)17(22)19-7-6-15-18-8-9-24-15/h1-5,8-9,14H,6-7,10-12H2,(H,19,22)/t14-/m1/s1. The largest absolute Gasteiger partial charge is 0.369 e. The fourth-order valence-electron chi connectivity index (χ4n) is 2.59. The molecule has 1 aromatic carbocycles. The molecule has 1 N–H and O–H groups in total.